The van der Waals surface area contributed by atoms with Gasteiger partial charge in [-0.05, 0) is 49.8 Å². The third-order valence-corrected chi connectivity index (χ3v) is 4.69. The molecule has 3 heteroatoms. The van der Waals surface area contributed by atoms with Crippen LogP contribution in [0.3, 0.4) is 0 Å². The van der Waals surface area contributed by atoms with Crippen LogP contribution in [-0.2, 0) is 0 Å². The maximum atomic E-state index is 5.91. The number of hydrogen-bond donors (Lipinski definition) is 2. The standard InChI is InChI=1S/C18H30N2O/c1-4-14-8-5-6-11-17(14)18(20-19)15-9-7-10-16(12-15)21-13(2)3/h7,9-10,12-14,17-18,20H,4-6,8,11,19H2,1-3H3. The lowest BCUT2D eigenvalue weighted by Crippen LogP contribution is -2.38. The predicted molar refractivity (Wildman–Crippen MR) is 88.0 cm³/mol. The minimum absolute atomic E-state index is 0.197. The van der Waals surface area contributed by atoms with E-state index in [-0.39, 0.29) is 12.1 Å². The van der Waals surface area contributed by atoms with Gasteiger partial charge in [-0.2, -0.15) is 0 Å². The molecule has 3 unspecified atom stereocenters. The largest absolute Gasteiger partial charge is 0.491 e. The van der Waals surface area contributed by atoms with Crippen molar-refractivity contribution in [1.29, 1.82) is 0 Å². The van der Waals surface area contributed by atoms with E-state index in [1.807, 2.05) is 6.07 Å². The van der Waals surface area contributed by atoms with Crippen LogP contribution in [0.25, 0.3) is 0 Å². The Labute approximate surface area is 129 Å². The Morgan fingerprint density at radius 2 is 2.05 bits per heavy atom. The van der Waals surface area contributed by atoms with Crippen molar-refractivity contribution < 1.29 is 4.74 Å². The Morgan fingerprint density at radius 1 is 1.29 bits per heavy atom. The van der Waals surface area contributed by atoms with Crippen molar-refractivity contribution in [2.45, 2.75) is 65.0 Å². The van der Waals surface area contributed by atoms with E-state index in [2.05, 4.69) is 44.4 Å². The second-order valence-corrected chi connectivity index (χ2v) is 6.50. The second-order valence-electron chi connectivity index (χ2n) is 6.50. The van der Waals surface area contributed by atoms with Gasteiger partial charge in [-0.25, -0.2) is 0 Å². The van der Waals surface area contributed by atoms with Crippen LogP contribution in [0.5, 0.6) is 5.75 Å². The average Bonchev–Trinajstić information content (AvgIpc) is 2.48. The smallest absolute Gasteiger partial charge is 0.120 e. The molecule has 0 spiro atoms. The first-order chi connectivity index (χ1) is 10.2. The van der Waals surface area contributed by atoms with Gasteiger partial charge in [0, 0.05) is 6.04 Å². The molecule has 3 atom stereocenters. The fraction of sp³-hybridized carbons (Fsp3) is 0.667. The van der Waals surface area contributed by atoms with E-state index in [1.54, 1.807) is 0 Å². The summed E-state index contributed by atoms with van der Waals surface area (Å²) in [6.07, 6.45) is 6.72. The van der Waals surface area contributed by atoms with Crippen molar-refractivity contribution in [2.24, 2.45) is 17.7 Å². The molecular formula is C18H30N2O. The number of nitrogens with one attached hydrogen (secondary N) is 1. The van der Waals surface area contributed by atoms with Crippen molar-refractivity contribution in [2.75, 3.05) is 0 Å². The number of hydrogen-bond acceptors (Lipinski definition) is 3. The summed E-state index contributed by atoms with van der Waals surface area (Å²) in [5.74, 6) is 8.25. The van der Waals surface area contributed by atoms with Gasteiger partial charge in [0.15, 0.2) is 0 Å². The minimum Gasteiger partial charge on any atom is -0.491 e. The van der Waals surface area contributed by atoms with Crippen molar-refractivity contribution in [3.8, 4) is 5.75 Å². The third kappa shape index (κ3) is 4.21. The van der Waals surface area contributed by atoms with Gasteiger partial charge in [0.25, 0.3) is 0 Å². The molecule has 1 aromatic carbocycles. The minimum atomic E-state index is 0.197. The molecule has 0 aliphatic heterocycles. The molecule has 2 rings (SSSR count). The molecule has 0 heterocycles. The summed E-state index contributed by atoms with van der Waals surface area (Å²) in [5, 5.41) is 0. The summed E-state index contributed by atoms with van der Waals surface area (Å²) in [6, 6.07) is 8.63. The number of rotatable bonds is 6. The molecule has 21 heavy (non-hydrogen) atoms. The number of hydrazine groups is 1. The molecule has 1 aliphatic carbocycles. The Hall–Kier alpha value is -1.06. The highest BCUT2D eigenvalue weighted by Crippen LogP contribution is 2.40. The van der Waals surface area contributed by atoms with E-state index >= 15 is 0 Å². The third-order valence-electron chi connectivity index (χ3n) is 4.69. The van der Waals surface area contributed by atoms with Gasteiger partial charge in [-0.3, -0.25) is 11.3 Å². The predicted octanol–water partition coefficient (Wildman–Crippen LogP) is 4.19. The Bertz CT molecular complexity index is 433. The van der Waals surface area contributed by atoms with Gasteiger partial charge < -0.3 is 4.74 Å². The van der Waals surface area contributed by atoms with Gasteiger partial charge in [0.1, 0.15) is 5.75 Å². The molecule has 1 aliphatic rings. The van der Waals surface area contributed by atoms with E-state index < -0.39 is 0 Å². The highest BCUT2D eigenvalue weighted by atomic mass is 16.5. The molecular weight excluding hydrogens is 260 g/mol. The van der Waals surface area contributed by atoms with E-state index in [1.165, 1.54) is 37.7 Å². The monoisotopic (exact) mass is 290 g/mol. The lowest BCUT2D eigenvalue weighted by Gasteiger charge is -2.37. The lowest BCUT2D eigenvalue weighted by molar-refractivity contribution is 0.175. The van der Waals surface area contributed by atoms with Crippen LogP contribution in [0.15, 0.2) is 24.3 Å². The van der Waals surface area contributed by atoms with Gasteiger partial charge in [0.05, 0.1) is 6.10 Å². The van der Waals surface area contributed by atoms with E-state index in [0.717, 1.165) is 11.7 Å². The van der Waals surface area contributed by atoms with Gasteiger partial charge in [-0.1, -0.05) is 44.7 Å². The van der Waals surface area contributed by atoms with E-state index in [9.17, 15) is 0 Å². The highest BCUT2D eigenvalue weighted by molar-refractivity contribution is 5.31. The van der Waals surface area contributed by atoms with E-state index in [4.69, 9.17) is 10.6 Å². The maximum Gasteiger partial charge on any atom is 0.120 e. The van der Waals surface area contributed by atoms with Crippen molar-refractivity contribution >= 4 is 0 Å². The Balaban J connectivity index is 2.19. The first-order valence-electron chi connectivity index (χ1n) is 8.38. The maximum absolute atomic E-state index is 5.91. The van der Waals surface area contributed by atoms with Crippen molar-refractivity contribution in [3.63, 3.8) is 0 Å². The van der Waals surface area contributed by atoms with Gasteiger partial charge >= 0.3 is 0 Å². The zero-order valence-corrected chi connectivity index (χ0v) is 13.6. The molecule has 0 saturated heterocycles. The highest BCUT2D eigenvalue weighted by Gasteiger charge is 2.31. The molecule has 0 radical (unpaired) electrons. The fourth-order valence-corrected chi connectivity index (χ4v) is 3.70. The molecule has 1 aromatic rings. The van der Waals surface area contributed by atoms with Crippen molar-refractivity contribution in [1.82, 2.24) is 5.43 Å². The zero-order chi connectivity index (χ0) is 15.2. The topological polar surface area (TPSA) is 47.3 Å². The van der Waals surface area contributed by atoms with Crippen LogP contribution in [0, 0.1) is 11.8 Å². The lowest BCUT2D eigenvalue weighted by atomic mass is 9.72. The number of ether oxygens (including phenoxy) is 1. The first-order valence-corrected chi connectivity index (χ1v) is 8.38. The molecule has 3 nitrogen and oxygen atoms in total. The average molecular weight is 290 g/mol. The first kappa shape index (κ1) is 16.3. The fourth-order valence-electron chi connectivity index (χ4n) is 3.70. The van der Waals surface area contributed by atoms with Crippen LogP contribution in [0.2, 0.25) is 0 Å². The molecule has 3 N–H and O–H groups in total. The molecule has 0 amide bonds. The Morgan fingerprint density at radius 3 is 2.71 bits per heavy atom. The van der Waals surface area contributed by atoms with Gasteiger partial charge in [-0.15, -0.1) is 0 Å². The van der Waals surface area contributed by atoms with Crippen LogP contribution < -0.4 is 16.0 Å². The molecule has 1 fully saturated rings. The molecule has 1 saturated carbocycles. The zero-order valence-electron chi connectivity index (χ0n) is 13.6. The normalized spacial score (nSPS) is 24.0. The summed E-state index contributed by atoms with van der Waals surface area (Å²) in [7, 11) is 0. The summed E-state index contributed by atoms with van der Waals surface area (Å²) < 4.78 is 5.82. The molecule has 118 valence electrons. The van der Waals surface area contributed by atoms with Crippen molar-refractivity contribution in [3.05, 3.63) is 29.8 Å². The second kappa shape index (κ2) is 7.81. The van der Waals surface area contributed by atoms with Crippen LogP contribution in [-0.4, -0.2) is 6.10 Å². The quantitative estimate of drug-likeness (QED) is 0.610. The number of nitrogens with two attached hydrogens (primary N) is 1. The SMILES string of the molecule is CCC1CCCCC1C(NN)c1cccc(OC(C)C)c1. The number of benzene rings is 1. The van der Waals surface area contributed by atoms with E-state index in [0.29, 0.717) is 5.92 Å². The summed E-state index contributed by atoms with van der Waals surface area (Å²) in [6.45, 7) is 6.41. The van der Waals surface area contributed by atoms with Crippen LogP contribution in [0.1, 0.15) is 64.5 Å². The summed E-state index contributed by atoms with van der Waals surface area (Å²) in [5.41, 5.74) is 4.33. The van der Waals surface area contributed by atoms with Gasteiger partial charge in [0.2, 0.25) is 0 Å². The molecule has 0 aromatic heterocycles. The molecule has 0 bridgehead atoms. The summed E-state index contributed by atoms with van der Waals surface area (Å²) >= 11 is 0. The van der Waals surface area contributed by atoms with Crippen LogP contribution >= 0.6 is 0 Å². The Kier molecular flexibility index (Phi) is 6.07. The van der Waals surface area contributed by atoms with Crippen LogP contribution in [0.4, 0.5) is 0 Å². The summed E-state index contributed by atoms with van der Waals surface area (Å²) in [4.78, 5) is 0.